The lowest BCUT2D eigenvalue weighted by atomic mass is 10.0. The standard InChI is InChI=1S/C25H24N4O4/c1-14-7-3-5-9-18(14)28-21(30)12-16-11-19(25(31)32)29(13-16)24-23-22(26-15(2)27-24)17-8-4-6-10-20(17)33-23/h3-10,16,19H,11-13H2,1-2H3,(H,28,30)(H,31,32)/t16-,19+/m1/s1. The molecular weight excluding hydrogens is 420 g/mol. The highest BCUT2D eigenvalue weighted by molar-refractivity contribution is 6.06. The van der Waals surface area contributed by atoms with Gasteiger partial charge in [-0.3, -0.25) is 4.79 Å². The first kappa shape index (κ1) is 20.9. The summed E-state index contributed by atoms with van der Waals surface area (Å²) in [6, 6.07) is 14.3. The first-order valence-electron chi connectivity index (χ1n) is 10.9. The Hall–Kier alpha value is -3.94. The minimum atomic E-state index is -0.947. The highest BCUT2D eigenvalue weighted by Crippen LogP contribution is 2.37. The van der Waals surface area contributed by atoms with Gasteiger partial charge in [0.1, 0.15) is 23.0 Å². The Balaban J connectivity index is 1.44. The van der Waals surface area contributed by atoms with Gasteiger partial charge in [0.25, 0.3) is 0 Å². The van der Waals surface area contributed by atoms with Crippen molar-refractivity contribution >= 4 is 45.5 Å². The van der Waals surface area contributed by atoms with Crippen LogP contribution in [0.15, 0.2) is 52.9 Å². The number of carboxylic acid groups (broad SMARTS) is 1. The third kappa shape index (κ3) is 3.88. The molecule has 1 amide bonds. The van der Waals surface area contributed by atoms with Gasteiger partial charge < -0.3 is 19.7 Å². The summed E-state index contributed by atoms with van der Waals surface area (Å²) in [6.07, 6.45) is 0.573. The minimum Gasteiger partial charge on any atom is -0.480 e. The van der Waals surface area contributed by atoms with Crippen LogP contribution < -0.4 is 10.2 Å². The molecule has 0 unspecified atom stereocenters. The van der Waals surface area contributed by atoms with Crippen molar-refractivity contribution in [1.29, 1.82) is 0 Å². The number of nitrogens with one attached hydrogen (secondary N) is 1. The predicted octanol–water partition coefficient (Wildman–Crippen LogP) is 4.30. The van der Waals surface area contributed by atoms with Gasteiger partial charge in [-0.25, -0.2) is 14.8 Å². The first-order valence-corrected chi connectivity index (χ1v) is 10.9. The van der Waals surface area contributed by atoms with Crippen LogP contribution in [-0.2, 0) is 9.59 Å². The molecule has 33 heavy (non-hydrogen) atoms. The average molecular weight is 444 g/mol. The van der Waals surface area contributed by atoms with E-state index in [1.807, 2.05) is 55.5 Å². The topological polar surface area (TPSA) is 109 Å². The van der Waals surface area contributed by atoms with Crippen LogP contribution in [0.3, 0.4) is 0 Å². The normalized spacial score (nSPS) is 18.2. The largest absolute Gasteiger partial charge is 0.480 e. The monoisotopic (exact) mass is 444 g/mol. The molecule has 1 fully saturated rings. The van der Waals surface area contributed by atoms with Gasteiger partial charge in [-0.05, 0) is 49.9 Å². The van der Waals surface area contributed by atoms with Crippen LogP contribution in [0.5, 0.6) is 0 Å². The molecule has 2 aromatic carbocycles. The number of amides is 1. The van der Waals surface area contributed by atoms with Gasteiger partial charge in [0.05, 0.1) is 0 Å². The third-order valence-electron chi connectivity index (χ3n) is 6.15. The number of rotatable bonds is 5. The van der Waals surface area contributed by atoms with Crippen molar-refractivity contribution in [2.24, 2.45) is 5.92 Å². The number of carboxylic acids is 1. The molecule has 2 atom stereocenters. The van der Waals surface area contributed by atoms with Crippen molar-refractivity contribution in [2.45, 2.75) is 32.7 Å². The molecule has 0 aliphatic carbocycles. The summed E-state index contributed by atoms with van der Waals surface area (Å²) in [5, 5.41) is 13.7. The number of aromatic nitrogens is 2. The number of aryl methyl sites for hydroxylation is 2. The highest BCUT2D eigenvalue weighted by atomic mass is 16.4. The second-order valence-electron chi connectivity index (χ2n) is 8.55. The van der Waals surface area contributed by atoms with Crippen LogP contribution in [0.25, 0.3) is 22.1 Å². The Morgan fingerprint density at radius 1 is 1.12 bits per heavy atom. The second kappa shape index (κ2) is 8.20. The van der Waals surface area contributed by atoms with Crippen LogP contribution in [-0.4, -0.2) is 39.5 Å². The van der Waals surface area contributed by atoms with Crippen LogP contribution in [0.4, 0.5) is 11.5 Å². The molecular formula is C25H24N4O4. The van der Waals surface area contributed by atoms with E-state index < -0.39 is 12.0 Å². The molecule has 168 valence electrons. The molecule has 0 radical (unpaired) electrons. The summed E-state index contributed by atoms with van der Waals surface area (Å²) in [5.41, 5.74) is 3.55. The zero-order valence-electron chi connectivity index (χ0n) is 18.4. The fourth-order valence-electron chi connectivity index (χ4n) is 4.60. The Morgan fingerprint density at radius 3 is 2.67 bits per heavy atom. The van der Waals surface area contributed by atoms with Gasteiger partial charge in [0.15, 0.2) is 11.4 Å². The van der Waals surface area contributed by atoms with Crippen molar-refractivity contribution < 1.29 is 19.1 Å². The number of carbonyl (C=O) groups is 2. The summed E-state index contributed by atoms with van der Waals surface area (Å²) in [4.78, 5) is 35.7. The molecule has 8 nitrogen and oxygen atoms in total. The summed E-state index contributed by atoms with van der Waals surface area (Å²) in [7, 11) is 0. The second-order valence-corrected chi connectivity index (χ2v) is 8.55. The maximum absolute atomic E-state index is 12.7. The molecule has 4 aromatic rings. The fourth-order valence-corrected chi connectivity index (χ4v) is 4.60. The number of furan rings is 1. The predicted molar refractivity (Wildman–Crippen MR) is 125 cm³/mol. The number of anilines is 2. The third-order valence-corrected chi connectivity index (χ3v) is 6.15. The van der Waals surface area contributed by atoms with Crippen LogP contribution in [0.2, 0.25) is 0 Å². The van der Waals surface area contributed by atoms with Crippen molar-refractivity contribution in [2.75, 3.05) is 16.8 Å². The molecule has 1 saturated heterocycles. The smallest absolute Gasteiger partial charge is 0.326 e. The summed E-state index contributed by atoms with van der Waals surface area (Å²) >= 11 is 0. The fraction of sp³-hybridized carbons (Fsp3) is 0.280. The van der Waals surface area contributed by atoms with Crippen molar-refractivity contribution in [3.63, 3.8) is 0 Å². The number of fused-ring (bicyclic) bond motifs is 3. The Kier molecular flexibility index (Phi) is 5.20. The summed E-state index contributed by atoms with van der Waals surface area (Å²) < 4.78 is 6.05. The van der Waals surface area contributed by atoms with E-state index in [9.17, 15) is 14.7 Å². The van der Waals surface area contributed by atoms with Crippen LogP contribution >= 0.6 is 0 Å². The van der Waals surface area contributed by atoms with Crippen molar-refractivity contribution in [1.82, 2.24) is 9.97 Å². The molecule has 3 heterocycles. The van der Waals surface area contributed by atoms with Gasteiger partial charge in [-0.2, -0.15) is 0 Å². The summed E-state index contributed by atoms with van der Waals surface area (Å²) in [5.74, 6) is -0.216. The van der Waals surface area contributed by atoms with Gasteiger partial charge in [-0.15, -0.1) is 0 Å². The number of para-hydroxylation sites is 2. The van der Waals surface area contributed by atoms with E-state index in [2.05, 4.69) is 15.3 Å². The van der Waals surface area contributed by atoms with Crippen molar-refractivity contribution in [3.05, 3.63) is 59.9 Å². The highest BCUT2D eigenvalue weighted by Gasteiger charge is 2.40. The zero-order valence-corrected chi connectivity index (χ0v) is 18.4. The minimum absolute atomic E-state index is 0.131. The number of hydrogen-bond acceptors (Lipinski definition) is 6. The lowest BCUT2D eigenvalue weighted by molar-refractivity contribution is -0.138. The number of aliphatic carboxylic acids is 1. The van der Waals surface area contributed by atoms with E-state index in [-0.39, 0.29) is 18.2 Å². The molecule has 2 N–H and O–H groups in total. The molecule has 0 spiro atoms. The lowest BCUT2D eigenvalue weighted by Crippen LogP contribution is -2.36. The molecule has 0 saturated carbocycles. The zero-order chi connectivity index (χ0) is 23.1. The SMILES string of the molecule is Cc1nc(N2C[C@@H](CC(=O)Nc3ccccc3C)C[C@H]2C(=O)O)c2oc3ccccc3c2n1. The van der Waals surface area contributed by atoms with Crippen molar-refractivity contribution in [3.8, 4) is 0 Å². The van der Waals surface area contributed by atoms with E-state index in [0.29, 0.717) is 41.3 Å². The maximum Gasteiger partial charge on any atom is 0.326 e. The maximum atomic E-state index is 12.7. The van der Waals surface area contributed by atoms with E-state index in [1.54, 1.807) is 11.8 Å². The number of carbonyl (C=O) groups excluding carboxylic acids is 1. The first-order chi connectivity index (χ1) is 15.9. The Bertz CT molecular complexity index is 1380. The molecule has 2 aromatic heterocycles. The Labute approximate surface area is 190 Å². The van der Waals surface area contributed by atoms with Crippen LogP contribution in [0.1, 0.15) is 24.2 Å². The molecule has 0 bridgehead atoms. The van der Waals surface area contributed by atoms with E-state index in [4.69, 9.17) is 4.42 Å². The van der Waals surface area contributed by atoms with E-state index >= 15 is 0 Å². The van der Waals surface area contributed by atoms with Gasteiger partial charge in [0, 0.05) is 24.0 Å². The van der Waals surface area contributed by atoms with Gasteiger partial charge in [-0.1, -0.05) is 30.3 Å². The number of hydrogen-bond donors (Lipinski definition) is 2. The summed E-state index contributed by atoms with van der Waals surface area (Å²) in [6.45, 7) is 4.11. The van der Waals surface area contributed by atoms with E-state index in [0.717, 1.165) is 16.6 Å². The molecule has 1 aliphatic heterocycles. The molecule has 1 aliphatic rings. The Morgan fingerprint density at radius 2 is 1.88 bits per heavy atom. The number of nitrogens with zero attached hydrogens (tertiary/aromatic N) is 3. The average Bonchev–Trinajstić information content (AvgIpc) is 3.36. The van der Waals surface area contributed by atoms with Gasteiger partial charge in [0.2, 0.25) is 5.91 Å². The molecule has 8 heteroatoms. The quantitative estimate of drug-likeness (QED) is 0.472. The number of benzene rings is 2. The van der Waals surface area contributed by atoms with Crippen LogP contribution in [0, 0.1) is 19.8 Å². The lowest BCUT2D eigenvalue weighted by Gasteiger charge is -2.22. The molecule has 5 rings (SSSR count). The van der Waals surface area contributed by atoms with Gasteiger partial charge >= 0.3 is 5.97 Å². The van der Waals surface area contributed by atoms with E-state index in [1.165, 1.54) is 0 Å².